The third-order valence-electron chi connectivity index (χ3n) is 3.83. The molecule has 0 saturated heterocycles. The Bertz CT molecular complexity index is 652. The number of ketones is 1. The molecule has 3 rings (SSSR count). The summed E-state index contributed by atoms with van der Waals surface area (Å²) < 4.78 is 0. The van der Waals surface area contributed by atoms with Crippen molar-refractivity contribution in [2.45, 2.75) is 18.9 Å². The number of Topliss-reactive ketones (excluding diaryl/α,β-unsaturated/α-hetero) is 1. The highest BCUT2D eigenvalue weighted by Crippen LogP contribution is 2.27. The molecule has 0 heterocycles. The Labute approximate surface area is 131 Å². The zero-order chi connectivity index (χ0) is 15.4. The van der Waals surface area contributed by atoms with E-state index in [1.807, 2.05) is 72.8 Å². The van der Waals surface area contributed by atoms with Gasteiger partial charge in [-0.15, -0.1) is 0 Å². The van der Waals surface area contributed by atoms with Gasteiger partial charge in [0.25, 0.3) is 0 Å². The minimum atomic E-state index is 0.00243. The maximum absolute atomic E-state index is 12.7. The van der Waals surface area contributed by atoms with Crippen LogP contribution in [-0.2, 0) is 4.79 Å². The summed E-state index contributed by atoms with van der Waals surface area (Å²) in [4.78, 5) is 12.7. The predicted molar refractivity (Wildman–Crippen MR) is 91.1 cm³/mol. The Balaban J connectivity index is 1.92. The number of benzene rings is 2. The summed E-state index contributed by atoms with van der Waals surface area (Å²) in [5.41, 5.74) is 9.83. The lowest BCUT2D eigenvalue weighted by Gasteiger charge is -2.22. The average molecular weight is 289 g/mol. The van der Waals surface area contributed by atoms with E-state index >= 15 is 0 Å². The van der Waals surface area contributed by atoms with Gasteiger partial charge in [-0.05, 0) is 36.1 Å². The van der Waals surface area contributed by atoms with Crippen LogP contribution in [0.15, 0.2) is 71.8 Å². The van der Waals surface area contributed by atoms with Crippen LogP contribution in [-0.4, -0.2) is 11.8 Å². The van der Waals surface area contributed by atoms with Crippen molar-refractivity contribution in [2.24, 2.45) is 5.73 Å². The summed E-state index contributed by atoms with van der Waals surface area (Å²) in [5, 5.41) is 0. The van der Waals surface area contributed by atoms with E-state index < -0.39 is 0 Å². The molecule has 2 aromatic carbocycles. The first-order valence-electron chi connectivity index (χ1n) is 7.54. The molecule has 22 heavy (non-hydrogen) atoms. The number of nitrogens with two attached hydrogens (primary N) is 1. The van der Waals surface area contributed by atoms with E-state index in [1.54, 1.807) is 0 Å². The number of carbonyl (C=O) groups is 1. The van der Waals surface area contributed by atoms with E-state index in [-0.39, 0.29) is 11.8 Å². The molecule has 0 spiro atoms. The van der Waals surface area contributed by atoms with Gasteiger partial charge in [-0.1, -0.05) is 60.7 Å². The Kier molecular flexibility index (Phi) is 4.31. The van der Waals surface area contributed by atoms with E-state index in [4.69, 9.17) is 5.73 Å². The monoisotopic (exact) mass is 289 g/mol. The van der Waals surface area contributed by atoms with Crippen molar-refractivity contribution < 1.29 is 4.79 Å². The van der Waals surface area contributed by atoms with E-state index in [0.717, 1.165) is 22.3 Å². The molecule has 1 fully saturated rings. The maximum Gasteiger partial charge on any atom is 0.185 e. The second-order valence-electron chi connectivity index (χ2n) is 5.66. The molecular formula is C20H19NO. The van der Waals surface area contributed by atoms with Gasteiger partial charge in [-0.2, -0.15) is 0 Å². The topological polar surface area (TPSA) is 43.1 Å². The molecule has 2 heteroatoms. The van der Waals surface area contributed by atoms with Crippen molar-refractivity contribution in [2.75, 3.05) is 0 Å². The zero-order valence-corrected chi connectivity index (χ0v) is 12.4. The summed E-state index contributed by atoms with van der Waals surface area (Å²) in [7, 11) is 0. The van der Waals surface area contributed by atoms with Crippen molar-refractivity contribution >= 4 is 17.9 Å². The van der Waals surface area contributed by atoms with E-state index in [0.29, 0.717) is 12.8 Å². The molecule has 0 aliphatic heterocycles. The van der Waals surface area contributed by atoms with Gasteiger partial charge < -0.3 is 5.73 Å². The normalized spacial score (nSPS) is 22.2. The Hall–Kier alpha value is -2.45. The second-order valence-corrected chi connectivity index (χ2v) is 5.66. The largest absolute Gasteiger partial charge is 0.327 e. The van der Waals surface area contributed by atoms with Gasteiger partial charge in [0.05, 0.1) is 0 Å². The highest BCUT2D eigenvalue weighted by atomic mass is 16.1. The van der Waals surface area contributed by atoms with Gasteiger partial charge in [-0.3, -0.25) is 4.79 Å². The molecule has 0 amide bonds. The molecule has 0 aromatic heterocycles. The van der Waals surface area contributed by atoms with Crippen LogP contribution in [0.2, 0.25) is 0 Å². The SMILES string of the molecule is NC1CC(=Cc2ccccc2)C(=O)C(=Cc2ccccc2)C1. The Morgan fingerprint density at radius 1 is 0.773 bits per heavy atom. The number of carbonyl (C=O) groups excluding carboxylic acids is 1. The lowest BCUT2D eigenvalue weighted by atomic mass is 9.84. The smallest absolute Gasteiger partial charge is 0.185 e. The molecule has 0 radical (unpaired) electrons. The number of hydrogen-bond donors (Lipinski definition) is 1. The lowest BCUT2D eigenvalue weighted by molar-refractivity contribution is -0.112. The molecule has 0 bridgehead atoms. The van der Waals surface area contributed by atoms with E-state index in [2.05, 4.69) is 0 Å². The minimum absolute atomic E-state index is 0.00243. The average Bonchev–Trinajstić information content (AvgIpc) is 2.54. The molecule has 2 aromatic rings. The Morgan fingerprint density at radius 2 is 1.18 bits per heavy atom. The van der Waals surface area contributed by atoms with Crippen molar-refractivity contribution in [3.05, 3.63) is 82.9 Å². The standard InChI is InChI=1S/C20H19NO/c21-19-13-17(11-15-7-3-1-4-8-15)20(22)18(14-19)12-16-9-5-2-6-10-16/h1-12,19H,13-14,21H2. The predicted octanol–water partition coefficient (Wildman–Crippen LogP) is 3.84. The fourth-order valence-corrected chi connectivity index (χ4v) is 2.78. The molecular weight excluding hydrogens is 270 g/mol. The summed E-state index contributed by atoms with van der Waals surface area (Å²) in [6, 6.07) is 19.8. The van der Waals surface area contributed by atoms with E-state index in [1.165, 1.54) is 0 Å². The van der Waals surface area contributed by atoms with Crippen LogP contribution in [0.25, 0.3) is 12.2 Å². The molecule has 2 N–H and O–H groups in total. The highest BCUT2D eigenvalue weighted by molar-refractivity contribution is 6.14. The van der Waals surface area contributed by atoms with Crippen LogP contribution in [0, 0.1) is 0 Å². The first kappa shape index (κ1) is 14.5. The van der Waals surface area contributed by atoms with Crippen LogP contribution in [0.3, 0.4) is 0 Å². The first-order chi connectivity index (χ1) is 10.7. The summed E-state index contributed by atoms with van der Waals surface area (Å²) in [5.74, 6) is 0.120. The Morgan fingerprint density at radius 3 is 1.59 bits per heavy atom. The molecule has 2 nitrogen and oxygen atoms in total. The molecule has 1 saturated carbocycles. The molecule has 110 valence electrons. The van der Waals surface area contributed by atoms with Crippen molar-refractivity contribution in [3.8, 4) is 0 Å². The van der Waals surface area contributed by atoms with Crippen molar-refractivity contribution in [1.82, 2.24) is 0 Å². The zero-order valence-electron chi connectivity index (χ0n) is 12.4. The van der Waals surface area contributed by atoms with Crippen LogP contribution >= 0.6 is 0 Å². The summed E-state index contributed by atoms with van der Waals surface area (Å²) >= 11 is 0. The van der Waals surface area contributed by atoms with Crippen molar-refractivity contribution in [1.29, 1.82) is 0 Å². The van der Waals surface area contributed by atoms with Gasteiger partial charge in [0.1, 0.15) is 0 Å². The quantitative estimate of drug-likeness (QED) is 0.853. The molecule has 1 aliphatic rings. The van der Waals surface area contributed by atoms with Gasteiger partial charge in [-0.25, -0.2) is 0 Å². The van der Waals surface area contributed by atoms with Gasteiger partial charge in [0.2, 0.25) is 0 Å². The second kappa shape index (κ2) is 6.54. The third kappa shape index (κ3) is 3.41. The fraction of sp³-hybridized carbons (Fsp3) is 0.150. The number of rotatable bonds is 2. The molecule has 0 unspecified atom stereocenters. The highest BCUT2D eigenvalue weighted by Gasteiger charge is 2.25. The van der Waals surface area contributed by atoms with Crippen LogP contribution < -0.4 is 5.73 Å². The molecule has 1 aliphatic carbocycles. The number of hydrogen-bond acceptors (Lipinski definition) is 2. The van der Waals surface area contributed by atoms with Gasteiger partial charge >= 0.3 is 0 Å². The molecule has 0 atom stereocenters. The van der Waals surface area contributed by atoms with Crippen LogP contribution in [0.1, 0.15) is 24.0 Å². The maximum atomic E-state index is 12.7. The fourth-order valence-electron chi connectivity index (χ4n) is 2.78. The third-order valence-corrected chi connectivity index (χ3v) is 3.83. The minimum Gasteiger partial charge on any atom is -0.327 e. The lowest BCUT2D eigenvalue weighted by Crippen LogP contribution is -2.30. The van der Waals surface area contributed by atoms with Gasteiger partial charge in [0.15, 0.2) is 5.78 Å². The summed E-state index contributed by atoms with van der Waals surface area (Å²) in [6.45, 7) is 0. The van der Waals surface area contributed by atoms with Crippen LogP contribution in [0.5, 0.6) is 0 Å². The van der Waals surface area contributed by atoms with Crippen molar-refractivity contribution in [3.63, 3.8) is 0 Å². The summed E-state index contributed by atoms with van der Waals surface area (Å²) in [6.07, 6.45) is 5.19. The van der Waals surface area contributed by atoms with Crippen LogP contribution in [0.4, 0.5) is 0 Å². The van der Waals surface area contributed by atoms with E-state index in [9.17, 15) is 4.79 Å². The van der Waals surface area contributed by atoms with Gasteiger partial charge in [0, 0.05) is 17.2 Å². The first-order valence-corrected chi connectivity index (χ1v) is 7.54.